The molecule has 1 fully saturated rings. The Hall–Kier alpha value is -0.460. The molecule has 0 aromatic carbocycles. The summed E-state index contributed by atoms with van der Waals surface area (Å²) in [5.41, 5.74) is 0. The Morgan fingerprint density at radius 2 is 1.79 bits per heavy atom. The molecule has 0 spiro atoms. The number of amides is 2. The Morgan fingerprint density at radius 3 is 2.42 bits per heavy atom. The van der Waals surface area contributed by atoms with Crippen LogP contribution in [0.3, 0.4) is 0 Å². The fourth-order valence-electron chi connectivity index (χ4n) is 1.84. The highest BCUT2D eigenvalue weighted by Crippen LogP contribution is 2.11. The van der Waals surface area contributed by atoms with Crippen molar-refractivity contribution in [3.63, 3.8) is 0 Å². The van der Waals surface area contributed by atoms with Gasteiger partial charge in [0, 0.05) is 26.2 Å². The van der Waals surface area contributed by atoms with E-state index in [0.717, 1.165) is 32.5 Å². The zero-order valence-electron chi connectivity index (χ0n) is 11.4. The summed E-state index contributed by atoms with van der Waals surface area (Å²) in [5, 5.41) is 5.75. The fraction of sp³-hybridized carbons (Fsp3) is 0.833. The maximum absolute atomic E-state index is 11.8. The number of carbonyl (C=O) groups excluding carboxylic acids is 2. The largest absolute Gasteiger partial charge is 0.354 e. The molecule has 0 aromatic rings. The minimum absolute atomic E-state index is 0. The molecule has 0 unspecified atom stereocenters. The van der Waals surface area contributed by atoms with Gasteiger partial charge in [0.1, 0.15) is 0 Å². The summed E-state index contributed by atoms with van der Waals surface area (Å²) in [6.07, 6.45) is 3.45. The van der Waals surface area contributed by atoms with Crippen LogP contribution in [0.1, 0.15) is 19.3 Å². The molecule has 1 saturated heterocycles. The van der Waals surface area contributed by atoms with E-state index >= 15 is 0 Å². The lowest BCUT2D eigenvalue weighted by Crippen LogP contribution is -2.37. The van der Waals surface area contributed by atoms with Crippen LogP contribution in [-0.4, -0.2) is 61.4 Å². The van der Waals surface area contributed by atoms with Crippen LogP contribution in [0.4, 0.5) is 0 Å². The average Bonchev–Trinajstić information content (AvgIpc) is 2.40. The molecule has 1 aliphatic heterocycles. The van der Waals surface area contributed by atoms with E-state index in [1.165, 1.54) is 18.2 Å². The molecular formula is C12H24ClN3O2S. The monoisotopic (exact) mass is 309 g/mol. The number of piperidine rings is 1. The van der Waals surface area contributed by atoms with E-state index < -0.39 is 0 Å². The summed E-state index contributed by atoms with van der Waals surface area (Å²) in [6, 6.07) is 0. The normalized spacial score (nSPS) is 14.7. The zero-order valence-corrected chi connectivity index (χ0v) is 13.1. The van der Waals surface area contributed by atoms with Gasteiger partial charge in [0.15, 0.2) is 0 Å². The van der Waals surface area contributed by atoms with Crippen molar-refractivity contribution in [2.75, 3.05) is 44.7 Å². The molecule has 0 bridgehead atoms. The van der Waals surface area contributed by atoms with Crippen LogP contribution < -0.4 is 10.6 Å². The number of likely N-dealkylation sites (tertiary alicyclic amines) is 1. The first-order valence-electron chi connectivity index (χ1n) is 6.51. The summed E-state index contributed by atoms with van der Waals surface area (Å²) in [7, 11) is 1.85. The summed E-state index contributed by atoms with van der Waals surface area (Å²) >= 11 is 1.40. The average molecular weight is 310 g/mol. The summed E-state index contributed by atoms with van der Waals surface area (Å²) in [5.74, 6) is 0.951. The molecule has 7 heteroatoms. The maximum Gasteiger partial charge on any atom is 0.232 e. The van der Waals surface area contributed by atoms with Crippen molar-refractivity contribution >= 4 is 36.0 Å². The third-order valence-corrected chi connectivity index (χ3v) is 3.78. The highest BCUT2D eigenvalue weighted by atomic mass is 35.5. The van der Waals surface area contributed by atoms with E-state index in [-0.39, 0.29) is 24.2 Å². The van der Waals surface area contributed by atoms with Crippen LogP contribution in [0, 0.1) is 0 Å². The van der Waals surface area contributed by atoms with E-state index in [1.54, 1.807) is 0 Å². The number of halogens is 1. The summed E-state index contributed by atoms with van der Waals surface area (Å²) in [6.45, 7) is 3.17. The summed E-state index contributed by atoms with van der Waals surface area (Å²) < 4.78 is 0. The highest BCUT2D eigenvalue weighted by molar-refractivity contribution is 8.00. The quantitative estimate of drug-likeness (QED) is 0.672. The molecule has 0 aromatic heterocycles. The van der Waals surface area contributed by atoms with Crippen molar-refractivity contribution in [3.8, 4) is 0 Å². The van der Waals surface area contributed by atoms with Crippen molar-refractivity contribution in [3.05, 3.63) is 0 Å². The van der Waals surface area contributed by atoms with Crippen LogP contribution in [0.15, 0.2) is 0 Å². The van der Waals surface area contributed by atoms with E-state index in [2.05, 4.69) is 10.6 Å². The van der Waals surface area contributed by atoms with Gasteiger partial charge >= 0.3 is 0 Å². The van der Waals surface area contributed by atoms with Gasteiger partial charge in [-0.25, -0.2) is 0 Å². The summed E-state index contributed by atoms with van der Waals surface area (Å²) in [4.78, 5) is 25.1. The van der Waals surface area contributed by atoms with Gasteiger partial charge in [-0.05, 0) is 26.3 Å². The minimum Gasteiger partial charge on any atom is -0.354 e. The third-order valence-electron chi connectivity index (χ3n) is 2.86. The van der Waals surface area contributed by atoms with Gasteiger partial charge in [0.25, 0.3) is 0 Å². The molecule has 1 aliphatic rings. The molecule has 0 radical (unpaired) electrons. The SMILES string of the molecule is CNCCNC(=O)CSCC(=O)N1CCCCC1.Cl. The number of hydrogen-bond donors (Lipinski definition) is 2. The highest BCUT2D eigenvalue weighted by Gasteiger charge is 2.16. The predicted molar refractivity (Wildman–Crippen MR) is 81.9 cm³/mol. The number of rotatable bonds is 7. The van der Waals surface area contributed by atoms with Gasteiger partial charge in [0.05, 0.1) is 11.5 Å². The van der Waals surface area contributed by atoms with Crippen LogP contribution in [-0.2, 0) is 9.59 Å². The number of carbonyl (C=O) groups is 2. The second-order valence-electron chi connectivity index (χ2n) is 4.39. The smallest absolute Gasteiger partial charge is 0.232 e. The Bertz CT molecular complexity index is 274. The van der Waals surface area contributed by atoms with Gasteiger partial charge in [0.2, 0.25) is 11.8 Å². The Labute approximate surface area is 125 Å². The molecule has 1 heterocycles. The first kappa shape index (κ1) is 18.5. The third kappa shape index (κ3) is 8.34. The zero-order chi connectivity index (χ0) is 13.2. The van der Waals surface area contributed by atoms with Gasteiger partial charge in [-0.2, -0.15) is 0 Å². The Kier molecular flexibility index (Phi) is 11.1. The Balaban J connectivity index is 0.00000324. The van der Waals surface area contributed by atoms with E-state index in [0.29, 0.717) is 18.1 Å². The molecule has 1 rings (SSSR count). The second-order valence-corrected chi connectivity index (χ2v) is 5.37. The lowest BCUT2D eigenvalue weighted by Gasteiger charge is -2.26. The van der Waals surface area contributed by atoms with Crippen molar-refractivity contribution < 1.29 is 9.59 Å². The van der Waals surface area contributed by atoms with Crippen molar-refractivity contribution in [2.45, 2.75) is 19.3 Å². The van der Waals surface area contributed by atoms with Crippen LogP contribution in [0.25, 0.3) is 0 Å². The van der Waals surface area contributed by atoms with E-state index in [9.17, 15) is 9.59 Å². The van der Waals surface area contributed by atoms with Crippen LogP contribution >= 0.6 is 24.2 Å². The maximum atomic E-state index is 11.8. The van der Waals surface area contributed by atoms with Gasteiger partial charge in [-0.15, -0.1) is 24.2 Å². The molecule has 0 atom stereocenters. The molecule has 0 aliphatic carbocycles. The lowest BCUT2D eigenvalue weighted by atomic mass is 10.1. The molecule has 5 nitrogen and oxygen atoms in total. The number of hydrogen-bond acceptors (Lipinski definition) is 4. The van der Waals surface area contributed by atoms with Gasteiger partial charge < -0.3 is 15.5 Å². The minimum atomic E-state index is 0. The van der Waals surface area contributed by atoms with Crippen molar-refractivity contribution in [2.24, 2.45) is 0 Å². The second kappa shape index (κ2) is 11.4. The standard InChI is InChI=1S/C12H23N3O2S.ClH/c1-13-5-6-14-11(16)9-18-10-12(17)15-7-3-2-4-8-15;/h13H,2-10H2,1H3,(H,14,16);1H. The number of likely N-dealkylation sites (N-methyl/N-ethyl adjacent to an activating group) is 1. The molecule has 0 saturated carbocycles. The Morgan fingerprint density at radius 1 is 1.11 bits per heavy atom. The van der Waals surface area contributed by atoms with Crippen LogP contribution in [0.5, 0.6) is 0 Å². The van der Waals surface area contributed by atoms with Crippen LogP contribution in [0.2, 0.25) is 0 Å². The van der Waals surface area contributed by atoms with E-state index in [4.69, 9.17) is 0 Å². The molecule has 2 N–H and O–H groups in total. The molecule has 19 heavy (non-hydrogen) atoms. The number of thioether (sulfide) groups is 1. The van der Waals surface area contributed by atoms with Gasteiger partial charge in [-0.1, -0.05) is 0 Å². The first-order valence-corrected chi connectivity index (χ1v) is 7.66. The number of nitrogens with one attached hydrogen (secondary N) is 2. The lowest BCUT2D eigenvalue weighted by molar-refractivity contribution is -0.129. The van der Waals surface area contributed by atoms with E-state index in [1.807, 2.05) is 11.9 Å². The molecular weight excluding hydrogens is 286 g/mol. The fourth-order valence-corrected chi connectivity index (χ4v) is 2.59. The van der Waals surface area contributed by atoms with Gasteiger partial charge in [-0.3, -0.25) is 9.59 Å². The molecule has 112 valence electrons. The topological polar surface area (TPSA) is 61.4 Å². The van der Waals surface area contributed by atoms with Crippen molar-refractivity contribution in [1.29, 1.82) is 0 Å². The first-order chi connectivity index (χ1) is 8.74. The number of nitrogens with zero attached hydrogens (tertiary/aromatic N) is 1. The van der Waals surface area contributed by atoms with Crippen molar-refractivity contribution in [1.82, 2.24) is 15.5 Å². The predicted octanol–water partition coefficient (Wildman–Crippen LogP) is 0.489. The molecule has 2 amide bonds.